The fraction of sp³-hybridized carbons (Fsp3) is 0.429. The zero-order chi connectivity index (χ0) is 14.1. The van der Waals surface area contributed by atoms with Gasteiger partial charge in [-0.1, -0.05) is 0 Å². The highest BCUT2D eigenvalue weighted by atomic mass is 35.5. The Hall–Kier alpha value is -1.59. The molecule has 1 aliphatic heterocycles. The molecular weight excluding hydrogens is 278 g/mol. The van der Waals surface area contributed by atoms with Crippen LogP contribution >= 0.6 is 11.6 Å². The molecule has 1 atom stereocenters. The minimum absolute atomic E-state index is 0.0720. The molecule has 0 amide bonds. The summed E-state index contributed by atoms with van der Waals surface area (Å²) in [6.07, 6.45) is 1.98. The van der Waals surface area contributed by atoms with Crippen molar-refractivity contribution >= 4 is 22.5 Å². The van der Waals surface area contributed by atoms with Crippen LogP contribution in [0, 0.1) is 0 Å². The molecule has 1 aromatic carbocycles. The van der Waals surface area contributed by atoms with Gasteiger partial charge in [0.25, 0.3) is 5.56 Å². The third-order valence-electron chi connectivity index (χ3n) is 3.70. The van der Waals surface area contributed by atoms with Gasteiger partial charge in [-0.15, -0.1) is 0 Å². The Kier molecular flexibility index (Phi) is 3.63. The van der Waals surface area contributed by atoms with Gasteiger partial charge in [0, 0.05) is 12.6 Å². The van der Waals surface area contributed by atoms with E-state index in [4.69, 9.17) is 16.3 Å². The van der Waals surface area contributed by atoms with Gasteiger partial charge in [-0.2, -0.15) is 0 Å². The Morgan fingerprint density at radius 1 is 1.50 bits per heavy atom. The van der Waals surface area contributed by atoms with Gasteiger partial charge >= 0.3 is 0 Å². The molecule has 2 aromatic rings. The van der Waals surface area contributed by atoms with Crippen molar-refractivity contribution in [1.82, 2.24) is 14.9 Å². The molecule has 2 heterocycles. The lowest BCUT2D eigenvalue weighted by atomic mass is 10.1. The van der Waals surface area contributed by atoms with Crippen LogP contribution in [0.15, 0.2) is 23.0 Å². The standard InChI is InChI=1S/C14H16ClN3O2/c1-20-10-4-5-11-12(7-10)17-14(15)18(13(11)19)9-3-2-6-16-8-9/h4-5,7,9,16H,2-3,6,8H2,1H3. The first-order valence-corrected chi connectivity index (χ1v) is 7.05. The number of hydrogen-bond donors (Lipinski definition) is 1. The summed E-state index contributed by atoms with van der Waals surface area (Å²) in [7, 11) is 1.58. The molecule has 1 aromatic heterocycles. The predicted octanol–water partition coefficient (Wildman–Crippen LogP) is 1.98. The van der Waals surface area contributed by atoms with Crippen LogP contribution in [-0.4, -0.2) is 29.8 Å². The van der Waals surface area contributed by atoms with E-state index < -0.39 is 0 Å². The summed E-state index contributed by atoms with van der Waals surface area (Å²) in [4.78, 5) is 17.0. The maximum Gasteiger partial charge on any atom is 0.262 e. The highest BCUT2D eigenvalue weighted by molar-refractivity contribution is 6.28. The lowest BCUT2D eigenvalue weighted by Gasteiger charge is -2.25. The average molecular weight is 294 g/mol. The summed E-state index contributed by atoms with van der Waals surface area (Å²) < 4.78 is 6.75. The number of benzene rings is 1. The summed E-state index contributed by atoms with van der Waals surface area (Å²) in [5.41, 5.74) is 0.482. The molecular formula is C14H16ClN3O2. The van der Waals surface area contributed by atoms with Crippen molar-refractivity contribution in [2.75, 3.05) is 20.2 Å². The van der Waals surface area contributed by atoms with Gasteiger partial charge in [0.1, 0.15) is 5.75 Å². The summed E-state index contributed by atoms with van der Waals surface area (Å²) in [6.45, 7) is 1.74. The van der Waals surface area contributed by atoms with Gasteiger partial charge in [-0.05, 0) is 43.1 Å². The minimum atomic E-state index is -0.0867. The third kappa shape index (κ3) is 2.27. The van der Waals surface area contributed by atoms with Gasteiger partial charge < -0.3 is 10.1 Å². The molecule has 0 radical (unpaired) electrons. The van der Waals surface area contributed by atoms with Crippen LogP contribution in [0.2, 0.25) is 5.28 Å². The number of nitrogens with one attached hydrogen (secondary N) is 1. The molecule has 1 fully saturated rings. The highest BCUT2D eigenvalue weighted by Gasteiger charge is 2.20. The first-order valence-electron chi connectivity index (χ1n) is 6.67. The molecule has 1 saturated heterocycles. The van der Waals surface area contributed by atoms with E-state index in [1.54, 1.807) is 29.9 Å². The Morgan fingerprint density at radius 3 is 3.05 bits per heavy atom. The van der Waals surface area contributed by atoms with Crippen molar-refractivity contribution in [3.63, 3.8) is 0 Å². The van der Waals surface area contributed by atoms with Crippen LogP contribution in [0.5, 0.6) is 5.75 Å². The lowest BCUT2D eigenvalue weighted by molar-refractivity contribution is 0.363. The fourth-order valence-corrected chi connectivity index (χ4v) is 2.95. The second-order valence-corrected chi connectivity index (χ2v) is 5.28. The van der Waals surface area contributed by atoms with E-state index in [1.165, 1.54) is 0 Å². The van der Waals surface area contributed by atoms with Crippen LogP contribution in [0.4, 0.5) is 0 Å². The minimum Gasteiger partial charge on any atom is -0.497 e. The van der Waals surface area contributed by atoms with Gasteiger partial charge in [0.2, 0.25) is 5.28 Å². The fourth-order valence-electron chi connectivity index (χ4n) is 2.65. The van der Waals surface area contributed by atoms with E-state index in [-0.39, 0.29) is 16.9 Å². The molecule has 3 rings (SSSR count). The van der Waals surface area contributed by atoms with E-state index >= 15 is 0 Å². The molecule has 1 N–H and O–H groups in total. The molecule has 1 unspecified atom stereocenters. The van der Waals surface area contributed by atoms with Gasteiger partial charge in [0.15, 0.2) is 0 Å². The van der Waals surface area contributed by atoms with Crippen molar-refractivity contribution in [2.24, 2.45) is 0 Å². The topological polar surface area (TPSA) is 56.1 Å². The van der Waals surface area contributed by atoms with Crippen LogP contribution in [-0.2, 0) is 0 Å². The van der Waals surface area contributed by atoms with Crippen molar-refractivity contribution in [3.05, 3.63) is 33.8 Å². The number of ether oxygens (including phenoxy) is 1. The Bertz CT molecular complexity index is 693. The first-order chi connectivity index (χ1) is 9.70. The predicted molar refractivity (Wildman–Crippen MR) is 78.7 cm³/mol. The van der Waals surface area contributed by atoms with Gasteiger partial charge in [-0.3, -0.25) is 9.36 Å². The van der Waals surface area contributed by atoms with E-state index in [0.717, 1.165) is 25.9 Å². The molecule has 5 nitrogen and oxygen atoms in total. The van der Waals surface area contributed by atoms with Crippen molar-refractivity contribution in [3.8, 4) is 5.75 Å². The van der Waals surface area contributed by atoms with E-state index in [0.29, 0.717) is 16.7 Å². The van der Waals surface area contributed by atoms with Crippen LogP contribution in [0.1, 0.15) is 18.9 Å². The third-order valence-corrected chi connectivity index (χ3v) is 3.97. The van der Waals surface area contributed by atoms with E-state index in [2.05, 4.69) is 10.3 Å². The van der Waals surface area contributed by atoms with Crippen molar-refractivity contribution in [2.45, 2.75) is 18.9 Å². The quantitative estimate of drug-likeness (QED) is 0.860. The number of hydrogen-bond acceptors (Lipinski definition) is 4. The first kappa shape index (κ1) is 13.4. The second-order valence-electron chi connectivity index (χ2n) is 4.94. The van der Waals surface area contributed by atoms with Crippen LogP contribution in [0.3, 0.4) is 0 Å². The molecule has 1 aliphatic rings. The van der Waals surface area contributed by atoms with E-state index in [9.17, 15) is 4.79 Å². The summed E-state index contributed by atoms with van der Waals surface area (Å²) >= 11 is 6.22. The molecule has 106 valence electrons. The number of nitrogens with zero attached hydrogens (tertiary/aromatic N) is 2. The number of halogens is 1. The number of fused-ring (bicyclic) bond motifs is 1. The lowest BCUT2D eigenvalue weighted by Crippen LogP contribution is -2.37. The number of aromatic nitrogens is 2. The van der Waals surface area contributed by atoms with Gasteiger partial charge in [-0.25, -0.2) is 4.98 Å². The summed E-state index contributed by atoms with van der Waals surface area (Å²) in [5, 5.41) is 4.10. The second kappa shape index (κ2) is 5.42. The van der Waals surface area contributed by atoms with Crippen LogP contribution in [0.25, 0.3) is 10.9 Å². The number of rotatable bonds is 2. The van der Waals surface area contributed by atoms with Gasteiger partial charge in [0.05, 0.1) is 24.1 Å². The maximum atomic E-state index is 12.6. The van der Waals surface area contributed by atoms with Crippen molar-refractivity contribution in [1.29, 1.82) is 0 Å². The monoisotopic (exact) mass is 293 g/mol. The molecule has 0 saturated carbocycles. The van der Waals surface area contributed by atoms with Crippen molar-refractivity contribution < 1.29 is 4.74 Å². The normalized spacial score (nSPS) is 19.2. The SMILES string of the molecule is COc1ccc2c(=O)n(C3CCCNC3)c(Cl)nc2c1. The number of piperidine rings is 1. The zero-order valence-corrected chi connectivity index (χ0v) is 12.0. The smallest absolute Gasteiger partial charge is 0.262 e. The molecule has 0 spiro atoms. The Morgan fingerprint density at radius 2 is 2.35 bits per heavy atom. The van der Waals surface area contributed by atoms with E-state index in [1.807, 2.05) is 0 Å². The summed E-state index contributed by atoms with van der Waals surface area (Å²) in [6, 6.07) is 5.31. The molecule has 20 heavy (non-hydrogen) atoms. The average Bonchev–Trinajstić information content (AvgIpc) is 2.47. The largest absolute Gasteiger partial charge is 0.497 e. The Balaban J connectivity index is 2.16. The Labute approximate surface area is 121 Å². The molecule has 6 heteroatoms. The molecule has 0 bridgehead atoms. The maximum absolute atomic E-state index is 12.6. The molecule has 0 aliphatic carbocycles. The number of methoxy groups -OCH3 is 1. The zero-order valence-electron chi connectivity index (χ0n) is 11.2. The summed E-state index contributed by atoms with van der Waals surface area (Å²) in [5.74, 6) is 0.664. The highest BCUT2D eigenvalue weighted by Crippen LogP contribution is 2.22. The van der Waals surface area contributed by atoms with Crippen LogP contribution < -0.4 is 15.6 Å².